The average molecular weight is 218 g/mol. The highest BCUT2D eigenvalue weighted by molar-refractivity contribution is 7.17. The van der Waals surface area contributed by atoms with Crippen LogP contribution in [0.15, 0.2) is 23.7 Å². The molecular formula is C11H12N3S. The van der Waals surface area contributed by atoms with Crippen LogP contribution in [0.25, 0.3) is 10.1 Å². The lowest BCUT2D eigenvalue weighted by molar-refractivity contribution is 0.576. The first-order valence-corrected chi connectivity index (χ1v) is 6.03. The van der Waals surface area contributed by atoms with Crippen molar-refractivity contribution in [2.45, 2.75) is 0 Å². The van der Waals surface area contributed by atoms with Crippen molar-refractivity contribution < 1.29 is 0 Å². The van der Waals surface area contributed by atoms with Gasteiger partial charge in [0.1, 0.15) is 5.82 Å². The van der Waals surface area contributed by atoms with Crippen molar-refractivity contribution >= 4 is 27.2 Å². The molecule has 2 aromatic rings. The standard InChI is InChI=1S/C11H12N3S/c1-3-13-11(9-2-8-15-10(1)9)14-6-4-12-5-7-14/h1-3,8H,4-7H2. The van der Waals surface area contributed by atoms with Crippen LogP contribution in [0.1, 0.15) is 0 Å². The van der Waals surface area contributed by atoms with Crippen LogP contribution < -0.4 is 10.2 Å². The maximum atomic E-state index is 4.49. The van der Waals surface area contributed by atoms with Crippen LogP contribution in [0.2, 0.25) is 0 Å². The molecule has 3 nitrogen and oxygen atoms in total. The van der Waals surface area contributed by atoms with Crippen LogP contribution in [0, 0.1) is 0 Å². The summed E-state index contributed by atoms with van der Waals surface area (Å²) in [5, 5.41) is 7.76. The van der Waals surface area contributed by atoms with Crippen molar-refractivity contribution in [1.82, 2.24) is 10.3 Å². The molecule has 4 heteroatoms. The molecule has 3 heterocycles. The van der Waals surface area contributed by atoms with E-state index in [2.05, 4.69) is 32.7 Å². The van der Waals surface area contributed by atoms with E-state index < -0.39 is 0 Å². The lowest BCUT2D eigenvalue weighted by atomic mass is 10.2. The van der Waals surface area contributed by atoms with Gasteiger partial charge in [0, 0.05) is 42.5 Å². The van der Waals surface area contributed by atoms with Crippen LogP contribution in [0.5, 0.6) is 0 Å². The van der Waals surface area contributed by atoms with Crippen LogP contribution in [0.3, 0.4) is 0 Å². The normalized spacial score (nSPS) is 17.2. The maximum Gasteiger partial charge on any atom is 0.137 e. The van der Waals surface area contributed by atoms with Crippen molar-refractivity contribution in [3.8, 4) is 0 Å². The Morgan fingerprint density at radius 1 is 1.20 bits per heavy atom. The number of piperazine rings is 1. The SMILES string of the molecule is c1cc2sccc2c(N2CC[N]CC2)n1. The summed E-state index contributed by atoms with van der Waals surface area (Å²) in [6, 6.07) is 4.24. The van der Waals surface area contributed by atoms with Crippen LogP contribution in [-0.4, -0.2) is 31.2 Å². The van der Waals surface area contributed by atoms with Crippen molar-refractivity contribution in [1.29, 1.82) is 0 Å². The zero-order valence-electron chi connectivity index (χ0n) is 8.39. The predicted molar refractivity (Wildman–Crippen MR) is 63.7 cm³/mol. The van der Waals surface area contributed by atoms with Crippen molar-refractivity contribution in [2.75, 3.05) is 31.1 Å². The van der Waals surface area contributed by atoms with E-state index >= 15 is 0 Å². The van der Waals surface area contributed by atoms with Gasteiger partial charge in [-0.3, -0.25) is 0 Å². The Bertz CT molecular complexity index is 460. The molecular weight excluding hydrogens is 206 g/mol. The summed E-state index contributed by atoms with van der Waals surface area (Å²) in [5.74, 6) is 1.13. The highest BCUT2D eigenvalue weighted by Crippen LogP contribution is 2.28. The molecule has 0 unspecified atom stereocenters. The van der Waals surface area contributed by atoms with Crippen LogP contribution in [-0.2, 0) is 0 Å². The lowest BCUT2D eigenvalue weighted by Gasteiger charge is -2.27. The van der Waals surface area contributed by atoms with E-state index in [1.165, 1.54) is 10.1 Å². The lowest BCUT2D eigenvalue weighted by Crippen LogP contribution is -2.40. The molecule has 1 radical (unpaired) electrons. The molecule has 2 aromatic heterocycles. The van der Waals surface area contributed by atoms with Gasteiger partial charge < -0.3 is 4.90 Å². The number of anilines is 1. The third kappa shape index (κ3) is 1.60. The van der Waals surface area contributed by atoms with Gasteiger partial charge in [0.25, 0.3) is 0 Å². The Kier molecular flexibility index (Phi) is 2.31. The van der Waals surface area contributed by atoms with E-state index in [0.717, 1.165) is 32.0 Å². The summed E-state index contributed by atoms with van der Waals surface area (Å²) in [5.41, 5.74) is 0. The summed E-state index contributed by atoms with van der Waals surface area (Å²) >= 11 is 1.78. The van der Waals surface area contributed by atoms with Gasteiger partial charge in [0.05, 0.1) is 0 Å². The molecule has 0 N–H and O–H groups in total. The number of fused-ring (bicyclic) bond motifs is 1. The number of pyridine rings is 1. The van der Waals surface area contributed by atoms with Gasteiger partial charge in [-0.2, -0.15) is 0 Å². The number of rotatable bonds is 1. The van der Waals surface area contributed by atoms with E-state index in [9.17, 15) is 0 Å². The second-order valence-electron chi connectivity index (χ2n) is 3.62. The number of thiophene rings is 1. The van der Waals surface area contributed by atoms with Crippen molar-refractivity contribution in [3.05, 3.63) is 23.7 Å². The number of aromatic nitrogens is 1. The van der Waals surface area contributed by atoms with Crippen LogP contribution >= 0.6 is 11.3 Å². The number of hydrogen-bond donors (Lipinski definition) is 0. The topological polar surface area (TPSA) is 30.2 Å². The molecule has 0 aromatic carbocycles. The first-order chi connectivity index (χ1) is 7.45. The Morgan fingerprint density at radius 3 is 2.93 bits per heavy atom. The van der Waals surface area contributed by atoms with Gasteiger partial charge in [0.2, 0.25) is 0 Å². The average Bonchev–Trinajstić information content (AvgIpc) is 2.78. The quantitative estimate of drug-likeness (QED) is 0.729. The number of nitrogens with zero attached hydrogens (tertiary/aromatic N) is 3. The Morgan fingerprint density at radius 2 is 2.07 bits per heavy atom. The van der Waals surface area contributed by atoms with Gasteiger partial charge in [-0.15, -0.1) is 11.3 Å². The predicted octanol–water partition coefficient (Wildman–Crippen LogP) is 1.72. The highest BCUT2D eigenvalue weighted by Gasteiger charge is 2.14. The van der Waals surface area contributed by atoms with Gasteiger partial charge in [0.15, 0.2) is 0 Å². The minimum atomic E-state index is 0.933. The van der Waals surface area contributed by atoms with Gasteiger partial charge in [-0.05, 0) is 17.5 Å². The minimum absolute atomic E-state index is 0.933. The van der Waals surface area contributed by atoms with E-state index in [-0.39, 0.29) is 0 Å². The van der Waals surface area contributed by atoms with Gasteiger partial charge in [-0.1, -0.05) is 0 Å². The molecule has 1 fully saturated rings. The molecule has 1 saturated heterocycles. The fraction of sp³-hybridized carbons (Fsp3) is 0.364. The summed E-state index contributed by atoms with van der Waals surface area (Å²) in [6.07, 6.45) is 1.90. The molecule has 0 bridgehead atoms. The monoisotopic (exact) mass is 218 g/mol. The van der Waals surface area contributed by atoms with Crippen molar-refractivity contribution in [3.63, 3.8) is 0 Å². The summed E-state index contributed by atoms with van der Waals surface area (Å²) in [6.45, 7) is 3.87. The smallest absolute Gasteiger partial charge is 0.137 e. The van der Waals surface area contributed by atoms with E-state index in [4.69, 9.17) is 0 Å². The molecule has 15 heavy (non-hydrogen) atoms. The molecule has 0 saturated carbocycles. The minimum Gasteiger partial charge on any atom is -0.353 e. The second kappa shape index (κ2) is 3.79. The third-order valence-electron chi connectivity index (χ3n) is 2.71. The molecule has 1 aliphatic heterocycles. The summed E-state index contributed by atoms with van der Waals surface area (Å²) < 4.78 is 1.32. The zero-order valence-corrected chi connectivity index (χ0v) is 9.20. The molecule has 0 atom stereocenters. The first-order valence-electron chi connectivity index (χ1n) is 5.15. The third-order valence-corrected chi connectivity index (χ3v) is 3.60. The van der Waals surface area contributed by atoms with E-state index in [1.54, 1.807) is 11.3 Å². The fourth-order valence-electron chi connectivity index (χ4n) is 1.95. The van der Waals surface area contributed by atoms with E-state index in [0.29, 0.717) is 0 Å². The molecule has 1 aliphatic rings. The Hall–Kier alpha value is -1.13. The highest BCUT2D eigenvalue weighted by atomic mass is 32.1. The first kappa shape index (κ1) is 9.12. The van der Waals surface area contributed by atoms with Gasteiger partial charge in [-0.25, -0.2) is 10.3 Å². The van der Waals surface area contributed by atoms with Gasteiger partial charge >= 0.3 is 0 Å². The summed E-state index contributed by atoms with van der Waals surface area (Å²) in [4.78, 5) is 6.83. The maximum absolute atomic E-state index is 4.49. The summed E-state index contributed by atoms with van der Waals surface area (Å²) in [7, 11) is 0. The Labute approximate surface area is 92.7 Å². The van der Waals surface area contributed by atoms with E-state index in [1.807, 2.05) is 6.20 Å². The molecule has 0 spiro atoms. The molecule has 3 rings (SSSR count). The fourth-order valence-corrected chi connectivity index (χ4v) is 2.73. The molecule has 77 valence electrons. The second-order valence-corrected chi connectivity index (χ2v) is 4.57. The number of hydrogen-bond acceptors (Lipinski definition) is 3. The largest absolute Gasteiger partial charge is 0.353 e. The zero-order chi connectivity index (χ0) is 10.1. The van der Waals surface area contributed by atoms with Crippen LogP contribution in [0.4, 0.5) is 5.82 Å². The Balaban J connectivity index is 2.05. The molecule has 0 aliphatic carbocycles. The molecule has 0 amide bonds. The van der Waals surface area contributed by atoms with Crippen molar-refractivity contribution in [2.24, 2.45) is 0 Å².